The molecule has 2 N–H and O–H groups in total. The van der Waals surface area contributed by atoms with E-state index >= 15 is 0 Å². The van der Waals surface area contributed by atoms with Crippen molar-refractivity contribution in [3.8, 4) is 11.5 Å². The third-order valence-electron chi connectivity index (χ3n) is 6.08. The molecule has 0 saturated carbocycles. The van der Waals surface area contributed by atoms with E-state index in [4.69, 9.17) is 23.2 Å². The Kier molecular flexibility index (Phi) is 6.87. The summed E-state index contributed by atoms with van der Waals surface area (Å²) in [5, 5.41) is 19.8. The first-order valence-electron chi connectivity index (χ1n) is 10.8. The summed E-state index contributed by atoms with van der Waals surface area (Å²) in [6, 6.07) is 2.23. The second kappa shape index (κ2) is 9.54. The molecule has 182 valence electrons. The molecule has 2 aliphatic heterocycles. The van der Waals surface area contributed by atoms with E-state index in [-0.39, 0.29) is 28.3 Å². The van der Waals surface area contributed by atoms with Gasteiger partial charge in [0.05, 0.1) is 10.0 Å². The quantitative estimate of drug-likeness (QED) is 0.422. The number of benzene rings is 1. The number of fused-ring (bicyclic) bond motifs is 1. The topological polar surface area (TPSA) is 76.9 Å². The number of hydrogen-bond donors (Lipinski definition) is 2. The largest absolute Gasteiger partial charge is 0.503 e. The summed E-state index contributed by atoms with van der Waals surface area (Å²) in [6.45, 7) is 1.55. The van der Waals surface area contributed by atoms with Crippen LogP contribution in [0.3, 0.4) is 0 Å². The Balaban J connectivity index is 1.59. The molecule has 1 amide bonds. The van der Waals surface area contributed by atoms with Gasteiger partial charge in [-0.1, -0.05) is 23.2 Å². The molecule has 2 aromatic rings. The van der Waals surface area contributed by atoms with Crippen LogP contribution in [0.2, 0.25) is 10.0 Å². The Morgan fingerprint density at radius 2 is 1.65 bits per heavy atom. The number of rotatable bonds is 3. The summed E-state index contributed by atoms with van der Waals surface area (Å²) in [5.74, 6) is -1.21. The number of piperidine rings is 1. The molecule has 0 bridgehead atoms. The van der Waals surface area contributed by atoms with E-state index in [1.54, 1.807) is 0 Å². The lowest BCUT2D eigenvalue weighted by atomic mass is 9.98. The van der Waals surface area contributed by atoms with Gasteiger partial charge in [-0.05, 0) is 55.0 Å². The highest BCUT2D eigenvalue weighted by atomic mass is 35.5. The second-order valence-electron chi connectivity index (χ2n) is 8.28. The molecule has 34 heavy (non-hydrogen) atoms. The standard InChI is InChI=1S/C23H22Cl2F3N3O3/c24-18-14-8-11-31(12-15(14)19(25)21(34)20(18)33)17(32)7-5-13-4-6-16(23(26,27)28)29-22(13)30-9-2-1-3-10-30/h4-7,33-34H,1-3,8-12H2. The van der Waals surface area contributed by atoms with Crippen molar-refractivity contribution in [2.24, 2.45) is 0 Å². The van der Waals surface area contributed by atoms with Crippen LogP contribution in [0.4, 0.5) is 19.0 Å². The van der Waals surface area contributed by atoms with Crippen LogP contribution < -0.4 is 4.90 Å². The number of carbonyl (C=O) groups is 1. The first-order valence-corrected chi connectivity index (χ1v) is 11.5. The third kappa shape index (κ3) is 4.77. The van der Waals surface area contributed by atoms with E-state index in [0.29, 0.717) is 42.7 Å². The lowest BCUT2D eigenvalue weighted by Crippen LogP contribution is -2.35. The van der Waals surface area contributed by atoms with Crippen molar-refractivity contribution >= 4 is 41.0 Å². The molecule has 2 aliphatic rings. The van der Waals surface area contributed by atoms with Crippen LogP contribution in [-0.2, 0) is 23.9 Å². The molecule has 0 spiro atoms. The normalized spacial score (nSPS) is 16.7. The minimum atomic E-state index is -4.57. The number of pyridine rings is 1. The summed E-state index contributed by atoms with van der Waals surface area (Å²) in [5.41, 5.74) is 0.456. The minimum Gasteiger partial charge on any atom is -0.503 e. The number of aromatic hydroxyl groups is 2. The molecule has 1 fully saturated rings. The van der Waals surface area contributed by atoms with Gasteiger partial charge in [0.1, 0.15) is 11.5 Å². The third-order valence-corrected chi connectivity index (χ3v) is 6.90. The number of amides is 1. The van der Waals surface area contributed by atoms with Crippen LogP contribution in [0, 0.1) is 0 Å². The van der Waals surface area contributed by atoms with Crippen LogP contribution >= 0.6 is 23.2 Å². The molecule has 0 atom stereocenters. The average molecular weight is 516 g/mol. The highest BCUT2D eigenvalue weighted by Gasteiger charge is 2.34. The number of alkyl halides is 3. The molecule has 0 radical (unpaired) electrons. The first-order chi connectivity index (χ1) is 16.1. The van der Waals surface area contributed by atoms with Crippen molar-refractivity contribution in [2.45, 2.75) is 38.4 Å². The molecular weight excluding hydrogens is 494 g/mol. The maximum absolute atomic E-state index is 13.2. The number of hydrogen-bond acceptors (Lipinski definition) is 5. The average Bonchev–Trinajstić information content (AvgIpc) is 2.84. The molecule has 1 aromatic heterocycles. The lowest BCUT2D eigenvalue weighted by molar-refractivity contribution is -0.141. The van der Waals surface area contributed by atoms with Gasteiger partial charge in [-0.2, -0.15) is 13.2 Å². The molecule has 4 rings (SSSR count). The Morgan fingerprint density at radius 1 is 1.00 bits per heavy atom. The van der Waals surface area contributed by atoms with Crippen LogP contribution in [0.15, 0.2) is 18.2 Å². The van der Waals surface area contributed by atoms with E-state index in [2.05, 4.69) is 4.98 Å². The van der Waals surface area contributed by atoms with Gasteiger partial charge in [0, 0.05) is 37.8 Å². The van der Waals surface area contributed by atoms with E-state index in [9.17, 15) is 28.2 Å². The zero-order valence-electron chi connectivity index (χ0n) is 18.0. The van der Waals surface area contributed by atoms with Gasteiger partial charge >= 0.3 is 6.18 Å². The van der Waals surface area contributed by atoms with E-state index in [1.165, 1.54) is 23.1 Å². The number of anilines is 1. The molecule has 0 aliphatic carbocycles. The molecule has 11 heteroatoms. The second-order valence-corrected chi connectivity index (χ2v) is 9.04. The highest BCUT2D eigenvalue weighted by molar-refractivity contribution is 6.36. The fraction of sp³-hybridized carbons (Fsp3) is 0.391. The van der Waals surface area contributed by atoms with Crippen molar-refractivity contribution in [2.75, 3.05) is 24.5 Å². The van der Waals surface area contributed by atoms with E-state index in [0.717, 1.165) is 25.3 Å². The van der Waals surface area contributed by atoms with Crippen LogP contribution in [0.1, 0.15) is 41.6 Å². The maximum atomic E-state index is 13.2. The highest BCUT2D eigenvalue weighted by Crippen LogP contribution is 2.46. The SMILES string of the molecule is O=C(C=Cc1ccc(C(F)(F)F)nc1N1CCCCC1)N1CCc2c(Cl)c(O)c(O)c(Cl)c2C1. The summed E-state index contributed by atoms with van der Waals surface area (Å²) in [6.07, 6.45) is 1.25. The summed E-state index contributed by atoms with van der Waals surface area (Å²) in [7, 11) is 0. The van der Waals surface area contributed by atoms with E-state index < -0.39 is 23.4 Å². The monoisotopic (exact) mass is 515 g/mol. The predicted molar refractivity (Wildman–Crippen MR) is 123 cm³/mol. The molecule has 0 unspecified atom stereocenters. The van der Waals surface area contributed by atoms with Crippen molar-refractivity contribution in [3.63, 3.8) is 0 Å². The van der Waals surface area contributed by atoms with Gasteiger partial charge in [0.2, 0.25) is 5.91 Å². The van der Waals surface area contributed by atoms with Gasteiger partial charge in [0.25, 0.3) is 0 Å². The number of phenolic OH excluding ortho intramolecular Hbond substituents is 2. The summed E-state index contributed by atoms with van der Waals surface area (Å²) < 4.78 is 39.7. The van der Waals surface area contributed by atoms with Crippen LogP contribution in [-0.4, -0.2) is 45.6 Å². The van der Waals surface area contributed by atoms with Crippen molar-refractivity contribution in [1.29, 1.82) is 0 Å². The van der Waals surface area contributed by atoms with Crippen LogP contribution in [0.25, 0.3) is 6.08 Å². The minimum absolute atomic E-state index is 0.00143. The predicted octanol–water partition coefficient (Wildman–Crippen LogP) is 5.41. The number of nitrogens with zero attached hydrogens (tertiary/aromatic N) is 3. The number of halogens is 5. The smallest absolute Gasteiger partial charge is 0.433 e. The zero-order valence-corrected chi connectivity index (χ0v) is 19.5. The molecular formula is C23H22Cl2F3N3O3. The Labute approximate surface area is 204 Å². The Morgan fingerprint density at radius 3 is 2.29 bits per heavy atom. The van der Waals surface area contributed by atoms with Crippen LogP contribution in [0.5, 0.6) is 11.5 Å². The molecule has 1 aromatic carbocycles. The maximum Gasteiger partial charge on any atom is 0.433 e. The van der Waals surface area contributed by atoms with Gasteiger partial charge in [-0.3, -0.25) is 4.79 Å². The summed E-state index contributed by atoms with van der Waals surface area (Å²) >= 11 is 12.3. The Bertz CT molecular complexity index is 1150. The van der Waals surface area contributed by atoms with Gasteiger partial charge in [-0.15, -0.1) is 0 Å². The van der Waals surface area contributed by atoms with Gasteiger partial charge < -0.3 is 20.0 Å². The number of aromatic nitrogens is 1. The van der Waals surface area contributed by atoms with E-state index in [1.807, 2.05) is 4.90 Å². The molecule has 1 saturated heterocycles. The number of phenols is 2. The van der Waals surface area contributed by atoms with Gasteiger partial charge in [-0.25, -0.2) is 4.98 Å². The Hall–Kier alpha value is -2.65. The van der Waals surface area contributed by atoms with Crippen molar-refractivity contribution in [3.05, 3.63) is 50.6 Å². The first kappa shape index (κ1) is 24.5. The molecule has 6 nitrogen and oxygen atoms in total. The lowest BCUT2D eigenvalue weighted by Gasteiger charge is -2.30. The number of carbonyl (C=O) groups excluding carboxylic acids is 1. The van der Waals surface area contributed by atoms with Crippen molar-refractivity contribution < 1.29 is 28.2 Å². The fourth-order valence-electron chi connectivity index (χ4n) is 4.26. The molecule has 3 heterocycles. The summed E-state index contributed by atoms with van der Waals surface area (Å²) in [4.78, 5) is 20.0. The van der Waals surface area contributed by atoms with Gasteiger partial charge in [0.15, 0.2) is 11.5 Å². The zero-order chi connectivity index (χ0) is 24.6. The fourth-order valence-corrected chi connectivity index (χ4v) is 4.82. The van der Waals surface area contributed by atoms with Crippen molar-refractivity contribution in [1.82, 2.24) is 9.88 Å².